The van der Waals surface area contributed by atoms with Crippen LogP contribution in [0.15, 0.2) is 65.5 Å². The van der Waals surface area contributed by atoms with Gasteiger partial charge in [-0.3, -0.25) is 4.79 Å². The summed E-state index contributed by atoms with van der Waals surface area (Å²) in [7, 11) is 4.02. The second kappa shape index (κ2) is 10.3. The van der Waals surface area contributed by atoms with Crippen molar-refractivity contribution in [2.24, 2.45) is 0 Å². The number of nitrogens with zero attached hydrogens (tertiary/aromatic N) is 4. The Morgan fingerprint density at radius 1 is 1.22 bits per heavy atom. The number of imidazole rings is 1. The summed E-state index contributed by atoms with van der Waals surface area (Å²) in [6.45, 7) is 2.84. The second-order valence-corrected chi connectivity index (χ2v) is 9.56. The molecule has 168 valence electrons. The van der Waals surface area contributed by atoms with Crippen molar-refractivity contribution in [3.8, 4) is 0 Å². The van der Waals surface area contributed by atoms with Gasteiger partial charge in [-0.05, 0) is 49.8 Å². The standard InChI is InChI=1S/C25H30BrN5O/c1-29(2)11-10-25(32)31-15-20-13-21(26)8-9-24(20)30(16-22-14-27-18-28-22)17-23(31)12-19-6-4-3-5-7-19/h3-9,13-14,18,23H,10-12,15-17H2,1-2H3,(H,27,28)/t23-/m1/s1. The molecule has 1 aromatic heterocycles. The number of carbonyl (C=O) groups excluding carboxylic acids is 1. The maximum Gasteiger partial charge on any atom is 0.224 e. The molecule has 0 saturated carbocycles. The lowest BCUT2D eigenvalue weighted by Gasteiger charge is -2.33. The average molecular weight is 496 g/mol. The molecule has 0 bridgehead atoms. The number of rotatable bonds is 7. The maximum atomic E-state index is 13.4. The van der Waals surface area contributed by atoms with Crippen LogP contribution in [0.4, 0.5) is 5.69 Å². The number of fused-ring (bicyclic) bond motifs is 1. The minimum Gasteiger partial charge on any atom is -0.363 e. The van der Waals surface area contributed by atoms with Crippen LogP contribution < -0.4 is 4.90 Å². The molecule has 0 fully saturated rings. The van der Waals surface area contributed by atoms with Gasteiger partial charge in [0.2, 0.25) is 5.91 Å². The third-order valence-electron chi connectivity index (χ3n) is 5.92. The summed E-state index contributed by atoms with van der Waals surface area (Å²) in [5, 5.41) is 0. The summed E-state index contributed by atoms with van der Waals surface area (Å²) in [6.07, 6.45) is 4.93. The van der Waals surface area contributed by atoms with Gasteiger partial charge >= 0.3 is 0 Å². The first-order valence-electron chi connectivity index (χ1n) is 11.0. The number of aromatic amines is 1. The van der Waals surface area contributed by atoms with Crippen LogP contribution in [-0.2, 0) is 24.3 Å². The first kappa shape index (κ1) is 22.6. The second-order valence-electron chi connectivity index (χ2n) is 8.65. The highest BCUT2D eigenvalue weighted by molar-refractivity contribution is 9.10. The molecule has 1 amide bonds. The Morgan fingerprint density at radius 3 is 2.75 bits per heavy atom. The van der Waals surface area contributed by atoms with E-state index in [0.29, 0.717) is 13.0 Å². The van der Waals surface area contributed by atoms with Crippen LogP contribution >= 0.6 is 15.9 Å². The molecule has 0 radical (unpaired) electrons. The lowest BCUT2D eigenvalue weighted by Crippen LogP contribution is -2.46. The van der Waals surface area contributed by atoms with E-state index in [2.05, 4.69) is 83.1 Å². The van der Waals surface area contributed by atoms with Gasteiger partial charge in [0.1, 0.15) is 0 Å². The molecule has 1 N–H and O–H groups in total. The van der Waals surface area contributed by atoms with Crippen molar-refractivity contribution in [3.63, 3.8) is 0 Å². The SMILES string of the molecule is CN(C)CCC(=O)N1Cc2cc(Br)ccc2N(Cc2cnc[nH]2)C[C@H]1Cc1ccccc1. The molecule has 3 aromatic rings. The largest absolute Gasteiger partial charge is 0.363 e. The minimum absolute atomic E-state index is 0.0705. The number of amides is 1. The molecular weight excluding hydrogens is 466 g/mol. The van der Waals surface area contributed by atoms with Crippen molar-refractivity contribution in [2.75, 3.05) is 32.1 Å². The summed E-state index contributed by atoms with van der Waals surface area (Å²) in [6, 6.07) is 16.9. The van der Waals surface area contributed by atoms with E-state index in [9.17, 15) is 4.79 Å². The van der Waals surface area contributed by atoms with E-state index in [1.54, 1.807) is 6.33 Å². The Bertz CT molecular complexity index is 1020. The van der Waals surface area contributed by atoms with Crippen LogP contribution in [0.5, 0.6) is 0 Å². The van der Waals surface area contributed by atoms with Crippen LogP contribution in [0.1, 0.15) is 23.2 Å². The number of benzene rings is 2. The molecule has 1 aliphatic heterocycles. The van der Waals surface area contributed by atoms with E-state index >= 15 is 0 Å². The van der Waals surface area contributed by atoms with Crippen molar-refractivity contribution in [2.45, 2.75) is 32.0 Å². The van der Waals surface area contributed by atoms with Crippen LogP contribution in [0.3, 0.4) is 0 Å². The van der Waals surface area contributed by atoms with Gasteiger partial charge in [-0.25, -0.2) is 4.98 Å². The predicted octanol–water partition coefficient (Wildman–Crippen LogP) is 4.08. The van der Waals surface area contributed by atoms with E-state index in [1.165, 1.54) is 11.3 Å². The average Bonchev–Trinajstić information content (AvgIpc) is 3.24. The summed E-state index contributed by atoms with van der Waals surface area (Å²) >= 11 is 3.63. The first-order valence-corrected chi connectivity index (χ1v) is 11.8. The highest BCUT2D eigenvalue weighted by Crippen LogP contribution is 2.32. The molecule has 2 aromatic carbocycles. The van der Waals surface area contributed by atoms with Gasteiger partial charge in [0.25, 0.3) is 0 Å². The zero-order chi connectivity index (χ0) is 22.5. The number of halogens is 1. The van der Waals surface area contributed by atoms with E-state index in [0.717, 1.165) is 41.8 Å². The van der Waals surface area contributed by atoms with Gasteiger partial charge in [0, 0.05) is 42.4 Å². The Balaban J connectivity index is 1.69. The fraction of sp³-hybridized carbons (Fsp3) is 0.360. The number of H-pyrrole nitrogens is 1. The van der Waals surface area contributed by atoms with E-state index < -0.39 is 0 Å². The molecule has 0 saturated heterocycles. The maximum absolute atomic E-state index is 13.4. The number of carbonyl (C=O) groups is 1. The smallest absolute Gasteiger partial charge is 0.224 e. The van der Waals surface area contributed by atoms with Gasteiger partial charge in [-0.15, -0.1) is 0 Å². The fourth-order valence-electron chi connectivity index (χ4n) is 4.30. The quantitative estimate of drug-likeness (QED) is 0.536. The van der Waals surface area contributed by atoms with Crippen LogP contribution in [-0.4, -0.2) is 58.9 Å². The highest BCUT2D eigenvalue weighted by Gasteiger charge is 2.31. The van der Waals surface area contributed by atoms with Crippen molar-refractivity contribution in [1.82, 2.24) is 19.8 Å². The van der Waals surface area contributed by atoms with Gasteiger partial charge < -0.3 is 19.7 Å². The molecule has 7 heteroatoms. The number of hydrogen-bond donors (Lipinski definition) is 1. The third-order valence-corrected chi connectivity index (χ3v) is 6.41. The minimum atomic E-state index is 0.0705. The number of nitrogens with one attached hydrogen (secondary N) is 1. The molecule has 0 unspecified atom stereocenters. The highest BCUT2D eigenvalue weighted by atomic mass is 79.9. The van der Waals surface area contributed by atoms with E-state index in [1.807, 2.05) is 26.4 Å². The van der Waals surface area contributed by atoms with Gasteiger partial charge in [-0.1, -0.05) is 46.3 Å². The number of aromatic nitrogens is 2. The first-order chi connectivity index (χ1) is 15.5. The fourth-order valence-corrected chi connectivity index (χ4v) is 4.70. The summed E-state index contributed by atoms with van der Waals surface area (Å²) in [5.74, 6) is 0.203. The summed E-state index contributed by atoms with van der Waals surface area (Å²) in [5.41, 5.74) is 4.64. The molecular formula is C25H30BrN5O. The Morgan fingerprint density at radius 2 is 2.03 bits per heavy atom. The number of hydrogen-bond acceptors (Lipinski definition) is 4. The molecule has 0 aliphatic carbocycles. The molecule has 4 rings (SSSR count). The van der Waals surface area contributed by atoms with Gasteiger partial charge in [0.15, 0.2) is 0 Å². The van der Waals surface area contributed by atoms with E-state index in [-0.39, 0.29) is 11.9 Å². The molecule has 1 aliphatic rings. The summed E-state index contributed by atoms with van der Waals surface area (Å²) in [4.78, 5) is 27.4. The van der Waals surface area contributed by atoms with Crippen molar-refractivity contribution in [3.05, 3.63) is 82.3 Å². The van der Waals surface area contributed by atoms with Crippen molar-refractivity contribution >= 4 is 27.5 Å². The zero-order valence-electron chi connectivity index (χ0n) is 18.7. The van der Waals surface area contributed by atoms with E-state index in [4.69, 9.17) is 0 Å². The zero-order valence-corrected chi connectivity index (χ0v) is 20.3. The Hall–Kier alpha value is -2.64. The van der Waals surface area contributed by atoms with Gasteiger partial charge in [0.05, 0.1) is 24.6 Å². The molecule has 0 spiro atoms. The topological polar surface area (TPSA) is 55.5 Å². The Kier molecular flexibility index (Phi) is 7.27. The number of anilines is 1. The Labute approximate surface area is 198 Å². The lowest BCUT2D eigenvalue weighted by atomic mass is 10.0. The van der Waals surface area contributed by atoms with Crippen LogP contribution in [0.2, 0.25) is 0 Å². The van der Waals surface area contributed by atoms with Crippen molar-refractivity contribution < 1.29 is 4.79 Å². The van der Waals surface area contributed by atoms with Crippen molar-refractivity contribution in [1.29, 1.82) is 0 Å². The van der Waals surface area contributed by atoms with Crippen LogP contribution in [0, 0.1) is 0 Å². The molecule has 2 heterocycles. The van der Waals surface area contributed by atoms with Crippen LogP contribution in [0.25, 0.3) is 0 Å². The molecule has 32 heavy (non-hydrogen) atoms. The molecule has 6 nitrogen and oxygen atoms in total. The monoisotopic (exact) mass is 495 g/mol. The summed E-state index contributed by atoms with van der Waals surface area (Å²) < 4.78 is 1.03. The molecule has 1 atom stereocenters. The normalized spacial score (nSPS) is 16.2. The lowest BCUT2D eigenvalue weighted by molar-refractivity contribution is -0.134. The third kappa shape index (κ3) is 5.58. The predicted molar refractivity (Wildman–Crippen MR) is 131 cm³/mol. The van der Waals surface area contributed by atoms with Gasteiger partial charge in [-0.2, -0.15) is 0 Å².